The van der Waals surface area contributed by atoms with Crippen LogP contribution in [0.1, 0.15) is 17.0 Å². The lowest BCUT2D eigenvalue weighted by Gasteiger charge is -2.13. The fourth-order valence-electron chi connectivity index (χ4n) is 3.86. The quantitative estimate of drug-likeness (QED) is 0.336. The molecule has 10 nitrogen and oxygen atoms in total. The van der Waals surface area contributed by atoms with Gasteiger partial charge in [0.2, 0.25) is 11.9 Å². The van der Waals surface area contributed by atoms with E-state index in [4.69, 9.17) is 5.73 Å². The Labute approximate surface area is 189 Å². The molecule has 0 bridgehead atoms. The van der Waals surface area contributed by atoms with Crippen LogP contribution in [-0.4, -0.2) is 42.8 Å². The summed E-state index contributed by atoms with van der Waals surface area (Å²) in [5.74, 6) is 0.117. The topological polar surface area (TPSA) is 142 Å². The molecule has 0 unspecified atom stereocenters. The van der Waals surface area contributed by atoms with Gasteiger partial charge < -0.3 is 21.4 Å². The maximum atomic E-state index is 13.0. The van der Waals surface area contributed by atoms with Crippen LogP contribution < -0.4 is 16.4 Å². The molecule has 1 aliphatic heterocycles. The number of nitrogens with zero attached hydrogens (tertiary/aromatic N) is 4. The van der Waals surface area contributed by atoms with Crippen molar-refractivity contribution < 1.29 is 9.59 Å². The molecule has 1 fully saturated rings. The number of aromatic nitrogens is 4. The monoisotopic (exact) mass is 442 g/mol. The molecule has 0 aliphatic carbocycles. The van der Waals surface area contributed by atoms with Gasteiger partial charge in [-0.2, -0.15) is 15.0 Å². The van der Waals surface area contributed by atoms with E-state index in [1.807, 2.05) is 61.7 Å². The molecule has 1 atom stereocenters. The molecule has 33 heavy (non-hydrogen) atoms. The highest BCUT2D eigenvalue weighted by Gasteiger charge is 2.38. The summed E-state index contributed by atoms with van der Waals surface area (Å²) in [6.07, 6.45) is 2.24. The van der Waals surface area contributed by atoms with E-state index < -0.39 is 12.1 Å². The van der Waals surface area contributed by atoms with Gasteiger partial charge in [-0.3, -0.25) is 9.69 Å². The predicted molar refractivity (Wildman–Crippen MR) is 124 cm³/mol. The van der Waals surface area contributed by atoms with Gasteiger partial charge in [-0.15, -0.1) is 0 Å². The van der Waals surface area contributed by atoms with Crippen LogP contribution in [0.2, 0.25) is 0 Å². The first kappa shape index (κ1) is 20.4. The van der Waals surface area contributed by atoms with E-state index in [1.165, 1.54) is 0 Å². The molecule has 0 saturated carbocycles. The average Bonchev–Trinajstić information content (AvgIpc) is 3.31. The van der Waals surface area contributed by atoms with Crippen molar-refractivity contribution in [1.29, 1.82) is 0 Å². The van der Waals surface area contributed by atoms with Crippen LogP contribution in [-0.2, 0) is 17.8 Å². The number of hydrogen-bond donors (Lipinski definition) is 4. The van der Waals surface area contributed by atoms with Crippen LogP contribution in [0.3, 0.4) is 0 Å². The highest BCUT2D eigenvalue weighted by atomic mass is 16.2. The van der Waals surface area contributed by atoms with Gasteiger partial charge in [-0.1, -0.05) is 35.9 Å². The SMILES string of the molecule is Cc1ccc(Nc2nc(N)nc(CN3C(=O)N[C@@H](Cc4c[nH]c5ccccc45)C3=O)n2)cc1. The summed E-state index contributed by atoms with van der Waals surface area (Å²) < 4.78 is 0. The van der Waals surface area contributed by atoms with E-state index in [0.29, 0.717) is 6.42 Å². The van der Waals surface area contributed by atoms with Crippen LogP contribution in [0.15, 0.2) is 54.7 Å². The number of hydrogen-bond acceptors (Lipinski definition) is 7. The van der Waals surface area contributed by atoms with Gasteiger partial charge in [-0.25, -0.2) is 4.79 Å². The Kier molecular flexibility index (Phi) is 5.09. The molecule has 4 aromatic rings. The van der Waals surface area contributed by atoms with Gasteiger partial charge in [0.1, 0.15) is 6.04 Å². The van der Waals surface area contributed by atoms with Crippen molar-refractivity contribution in [3.05, 3.63) is 71.7 Å². The third-order valence-electron chi connectivity index (χ3n) is 5.51. The number of carbonyl (C=O) groups is 2. The molecular weight excluding hydrogens is 420 g/mol. The molecule has 1 aliphatic rings. The molecule has 3 heterocycles. The largest absolute Gasteiger partial charge is 0.368 e. The Bertz CT molecular complexity index is 1350. The number of urea groups is 1. The number of fused-ring (bicyclic) bond motifs is 1. The zero-order valence-corrected chi connectivity index (χ0v) is 17.9. The van der Waals surface area contributed by atoms with Crippen molar-refractivity contribution >= 4 is 40.4 Å². The number of H-pyrrole nitrogens is 1. The minimum atomic E-state index is -0.666. The van der Waals surface area contributed by atoms with Gasteiger partial charge in [-0.05, 0) is 30.7 Å². The molecule has 5 rings (SSSR count). The zero-order valence-electron chi connectivity index (χ0n) is 17.9. The first-order chi connectivity index (χ1) is 16.0. The lowest BCUT2D eigenvalue weighted by Crippen LogP contribution is -2.32. The smallest absolute Gasteiger partial charge is 0.325 e. The van der Waals surface area contributed by atoms with E-state index in [2.05, 4.69) is 30.6 Å². The zero-order chi connectivity index (χ0) is 22.9. The summed E-state index contributed by atoms with van der Waals surface area (Å²) in [7, 11) is 0. The number of nitrogen functional groups attached to an aromatic ring is 1. The maximum Gasteiger partial charge on any atom is 0.325 e. The maximum absolute atomic E-state index is 13.0. The summed E-state index contributed by atoms with van der Waals surface area (Å²) in [6, 6.07) is 14.4. The Balaban J connectivity index is 1.31. The predicted octanol–water partition coefficient (Wildman–Crippen LogP) is 2.65. The number of rotatable bonds is 6. The third-order valence-corrected chi connectivity index (χ3v) is 5.51. The Morgan fingerprint density at radius 1 is 1.06 bits per heavy atom. The molecule has 5 N–H and O–H groups in total. The summed E-state index contributed by atoms with van der Waals surface area (Å²) in [4.78, 5) is 42.4. The average molecular weight is 442 g/mol. The van der Waals surface area contributed by atoms with Gasteiger partial charge in [0.25, 0.3) is 5.91 Å². The first-order valence-corrected chi connectivity index (χ1v) is 10.5. The van der Waals surface area contributed by atoms with E-state index in [0.717, 1.165) is 32.6 Å². The number of aromatic amines is 1. The van der Waals surface area contributed by atoms with E-state index >= 15 is 0 Å². The van der Waals surface area contributed by atoms with Crippen LogP contribution in [0, 0.1) is 6.92 Å². The second kappa shape index (κ2) is 8.23. The van der Waals surface area contributed by atoms with Gasteiger partial charge >= 0.3 is 6.03 Å². The van der Waals surface area contributed by atoms with Gasteiger partial charge in [0.05, 0.1) is 6.54 Å². The summed E-state index contributed by atoms with van der Waals surface area (Å²) in [5, 5.41) is 6.85. The molecule has 0 radical (unpaired) electrons. The third kappa shape index (κ3) is 4.18. The fraction of sp³-hybridized carbons (Fsp3) is 0.174. The molecule has 1 saturated heterocycles. The van der Waals surface area contributed by atoms with Crippen molar-refractivity contribution in [1.82, 2.24) is 30.2 Å². The van der Waals surface area contributed by atoms with Crippen LogP contribution in [0.25, 0.3) is 10.9 Å². The number of anilines is 3. The highest BCUT2D eigenvalue weighted by Crippen LogP contribution is 2.22. The Morgan fingerprint density at radius 3 is 2.67 bits per heavy atom. The molecule has 2 aromatic heterocycles. The fourth-order valence-corrected chi connectivity index (χ4v) is 3.86. The number of benzene rings is 2. The molecule has 10 heteroatoms. The number of nitrogens with one attached hydrogen (secondary N) is 3. The Hall–Kier alpha value is -4.47. The Morgan fingerprint density at radius 2 is 1.85 bits per heavy atom. The summed E-state index contributed by atoms with van der Waals surface area (Å²) in [6.45, 7) is 1.89. The number of aryl methyl sites for hydroxylation is 1. The first-order valence-electron chi connectivity index (χ1n) is 10.5. The van der Waals surface area contributed by atoms with Crippen LogP contribution >= 0.6 is 0 Å². The van der Waals surface area contributed by atoms with E-state index in [9.17, 15) is 9.59 Å². The second-order valence-electron chi connectivity index (χ2n) is 7.91. The number of nitrogens with two attached hydrogens (primary N) is 1. The van der Waals surface area contributed by atoms with Crippen molar-refractivity contribution in [2.75, 3.05) is 11.1 Å². The minimum Gasteiger partial charge on any atom is -0.368 e. The van der Waals surface area contributed by atoms with Gasteiger partial charge in [0, 0.05) is 29.2 Å². The lowest BCUT2D eigenvalue weighted by atomic mass is 10.1. The van der Waals surface area contributed by atoms with Crippen LogP contribution in [0.5, 0.6) is 0 Å². The van der Waals surface area contributed by atoms with E-state index in [-0.39, 0.29) is 30.2 Å². The van der Waals surface area contributed by atoms with Crippen molar-refractivity contribution in [3.63, 3.8) is 0 Å². The van der Waals surface area contributed by atoms with Crippen molar-refractivity contribution in [2.24, 2.45) is 0 Å². The number of para-hydroxylation sites is 1. The standard InChI is InChI=1S/C23H22N8O2/c1-13-6-8-15(9-7-13)26-22-29-19(28-21(24)30-22)12-31-20(32)18(27-23(31)33)10-14-11-25-17-5-3-2-4-16(14)17/h2-9,11,18,25H,10,12H2,1H3,(H,27,33)(H3,24,26,28,29,30)/t18-/m0/s1. The second-order valence-corrected chi connectivity index (χ2v) is 7.91. The molecule has 2 aromatic carbocycles. The van der Waals surface area contributed by atoms with Crippen molar-refractivity contribution in [3.8, 4) is 0 Å². The number of amides is 3. The molecule has 3 amide bonds. The molecular formula is C23H22N8O2. The van der Waals surface area contributed by atoms with Gasteiger partial charge in [0.15, 0.2) is 5.82 Å². The summed E-state index contributed by atoms with van der Waals surface area (Å²) in [5.41, 5.74) is 9.69. The number of imide groups is 1. The normalized spacial score (nSPS) is 15.8. The highest BCUT2D eigenvalue weighted by molar-refractivity contribution is 6.04. The van der Waals surface area contributed by atoms with Crippen LogP contribution in [0.4, 0.5) is 22.4 Å². The van der Waals surface area contributed by atoms with E-state index in [1.54, 1.807) is 0 Å². The molecule has 0 spiro atoms. The number of carbonyl (C=O) groups excluding carboxylic acids is 2. The minimum absolute atomic E-state index is 0.00277. The lowest BCUT2D eigenvalue weighted by molar-refractivity contribution is -0.127. The van der Waals surface area contributed by atoms with Crippen molar-refractivity contribution in [2.45, 2.75) is 25.9 Å². The summed E-state index contributed by atoms with van der Waals surface area (Å²) >= 11 is 0. The molecule has 166 valence electrons.